The maximum atomic E-state index is 12.4. The maximum absolute atomic E-state index is 12.4. The fraction of sp³-hybridized carbons (Fsp3) is 0.125. The van der Waals surface area contributed by atoms with Gasteiger partial charge in [-0.15, -0.1) is 22.7 Å². The number of thiophene rings is 1. The van der Waals surface area contributed by atoms with Crippen LogP contribution < -0.4 is 10.1 Å². The summed E-state index contributed by atoms with van der Waals surface area (Å²) in [5.74, 6) is 0.308. The minimum atomic E-state index is -0.217. The number of hydrogen-bond donors (Lipinski definition) is 1. The van der Waals surface area contributed by atoms with Gasteiger partial charge >= 0.3 is 0 Å². The Bertz CT molecular complexity index is 844. The minimum Gasteiger partial charge on any atom is -0.495 e. The van der Waals surface area contributed by atoms with E-state index < -0.39 is 0 Å². The number of carbonyl (C=O) groups excluding carboxylic acids is 1. The zero-order valence-electron chi connectivity index (χ0n) is 12.4. The van der Waals surface area contributed by atoms with Crippen molar-refractivity contribution in [1.29, 1.82) is 0 Å². The number of nitrogens with one attached hydrogen (secondary N) is 1. The van der Waals surface area contributed by atoms with Crippen molar-refractivity contribution in [2.75, 3.05) is 12.4 Å². The highest BCUT2D eigenvalue weighted by molar-refractivity contribution is 7.22. The molecule has 4 nitrogen and oxygen atoms in total. The van der Waals surface area contributed by atoms with Crippen LogP contribution in [0.1, 0.15) is 15.2 Å². The van der Waals surface area contributed by atoms with Crippen molar-refractivity contribution in [2.24, 2.45) is 0 Å². The van der Waals surface area contributed by atoms with Crippen LogP contribution in [-0.4, -0.2) is 18.0 Å². The van der Waals surface area contributed by atoms with Gasteiger partial charge in [0.1, 0.15) is 15.6 Å². The predicted octanol–water partition coefficient (Wildman–Crippen LogP) is 5.09. The third kappa shape index (κ3) is 3.39. The fourth-order valence-electron chi connectivity index (χ4n) is 2.01. The normalized spacial score (nSPS) is 10.6. The van der Waals surface area contributed by atoms with Crippen molar-refractivity contribution >= 4 is 45.9 Å². The molecule has 0 saturated carbocycles. The summed E-state index contributed by atoms with van der Waals surface area (Å²) < 4.78 is 5.27. The SMILES string of the molecule is COc1cc(Cl)c(C)cc1NC(=O)c1cnc(-c2cccs2)s1. The van der Waals surface area contributed by atoms with Gasteiger partial charge in [0.2, 0.25) is 0 Å². The standard InChI is InChI=1S/C16H13ClN2O2S2/c1-9-6-11(12(21-2)7-10(9)17)19-15(20)14-8-18-16(23-14)13-4-3-5-22-13/h3-8H,1-2H3,(H,19,20). The van der Waals surface area contributed by atoms with E-state index in [1.807, 2.05) is 24.4 Å². The number of aromatic nitrogens is 1. The van der Waals surface area contributed by atoms with Crippen molar-refractivity contribution in [3.05, 3.63) is 51.3 Å². The highest BCUT2D eigenvalue weighted by Gasteiger charge is 2.15. The van der Waals surface area contributed by atoms with Crippen molar-refractivity contribution in [1.82, 2.24) is 4.98 Å². The van der Waals surface area contributed by atoms with Gasteiger partial charge in [-0.3, -0.25) is 4.79 Å². The van der Waals surface area contributed by atoms with E-state index in [0.717, 1.165) is 15.4 Å². The number of amides is 1. The molecule has 118 valence electrons. The Morgan fingerprint density at radius 1 is 1.39 bits per heavy atom. The Morgan fingerprint density at radius 2 is 2.22 bits per heavy atom. The molecule has 0 unspecified atom stereocenters. The van der Waals surface area contributed by atoms with Crippen LogP contribution in [0.4, 0.5) is 5.69 Å². The van der Waals surface area contributed by atoms with Crippen LogP contribution in [-0.2, 0) is 0 Å². The number of benzene rings is 1. The molecule has 3 rings (SSSR count). The first-order valence-electron chi connectivity index (χ1n) is 6.73. The van der Waals surface area contributed by atoms with E-state index >= 15 is 0 Å². The molecular formula is C16H13ClN2O2S2. The number of rotatable bonds is 4. The second-order valence-electron chi connectivity index (χ2n) is 4.76. The molecule has 7 heteroatoms. The fourth-order valence-corrected chi connectivity index (χ4v) is 3.78. The van der Waals surface area contributed by atoms with Gasteiger partial charge < -0.3 is 10.1 Å². The number of anilines is 1. The summed E-state index contributed by atoms with van der Waals surface area (Å²) in [6, 6.07) is 7.43. The molecule has 0 aliphatic rings. The third-order valence-electron chi connectivity index (χ3n) is 3.19. The summed E-state index contributed by atoms with van der Waals surface area (Å²) in [6.45, 7) is 1.87. The molecule has 2 heterocycles. The van der Waals surface area contributed by atoms with E-state index in [2.05, 4.69) is 10.3 Å². The third-order valence-corrected chi connectivity index (χ3v) is 5.63. The molecule has 0 fully saturated rings. The summed E-state index contributed by atoms with van der Waals surface area (Å²) in [4.78, 5) is 18.3. The number of nitrogens with zero attached hydrogens (tertiary/aromatic N) is 1. The van der Waals surface area contributed by atoms with Crippen LogP contribution in [0.3, 0.4) is 0 Å². The number of hydrogen-bond acceptors (Lipinski definition) is 5. The lowest BCUT2D eigenvalue weighted by atomic mass is 10.2. The molecule has 1 N–H and O–H groups in total. The Balaban J connectivity index is 1.84. The van der Waals surface area contributed by atoms with Gasteiger partial charge in [0.15, 0.2) is 0 Å². The molecular weight excluding hydrogens is 352 g/mol. The van der Waals surface area contributed by atoms with Gasteiger partial charge in [0.05, 0.1) is 23.9 Å². The first-order valence-corrected chi connectivity index (χ1v) is 8.81. The van der Waals surface area contributed by atoms with Crippen molar-refractivity contribution in [3.8, 4) is 15.6 Å². The molecule has 0 aliphatic carbocycles. The summed E-state index contributed by atoms with van der Waals surface area (Å²) in [5, 5.41) is 6.27. The Morgan fingerprint density at radius 3 is 2.91 bits per heavy atom. The minimum absolute atomic E-state index is 0.217. The average Bonchev–Trinajstić information content (AvgIpc) is 3.20. The monoisotopic (exact) mass is 364 g/mol. The maximum Gasteiger partial charge on any atom is 0.267 e. The molecule has 3 aromatic rings. The highest BCUT2D eigenvalue weighted by atomic mass is 35.5. The van der Waals surface area contributed by atoms with Gasteiger partial charge in [0, 0.05) is 11.1 Å². The summed E-state index contributed by atoms with van der Waals surface area (Å²) >= 11 is 9.03. The first-order chi connectivity index (χ1) is 11.1. The van der Waals surface area contributed by atoms with Crippen molar-refractivity contribution in [2.45, 2.75) is 6.92 Å². The first kappa shape index (κ1) is 16.0. The van der Waals surface area contributed by atoms with Gasteiger partial charge in [-0.05, 0) is 30.0 Å². The van der Waals surface area contributed by atoms with Gasteiger partial charge in [-0.1, -0.05) is 17.7 Å². The van der Waals surface area contributed by atoms with E-state index in [9.17, 15) is 4.79 Å². The van der Waals surface area contributed by atoms with Crippen molar-refractivity contribution < 1.29 is 9.53 Å². The second kappa shape index (κ2) is 6.70. The zero-order chi connectivity index (χ0) is 16.4. The van der Waals surface area contributed by atoms with E-state index in [-0.39, 0.29) is 5.91 Å². The quantitative estimate of drug-likeness (QED) is 0.701. The number of aryl methyl sites for hydroxylation is 1. The van der Waals surface area contributed by atoms with Crippen LogP contribution in [0.15, 0.2) is 35.8 Å². The van der Waals surface area contributed by atoms with E-state index in [0.29, 0.717) is 21.3 Å². The van der Waals surface area contributed by atoms with Crippen LogP contribution in [0.5, 0.6) is 5.75 Å². The summed E-state index contributed by atoms with van der Waals surface area (Å²) in [5.41, 5.74) is 1.46. The van der Waals surface area contributed by atoms with Crippen LogP contribution in [0.25, 0.3) is 9.88 Å². The molecule has 1 aromatic carbocycles. The molecule has 0 saturated heterocycles. The molecule has 0 atom stereocenters. The van der Waals surface area contributed by atoms with Gasteiger partial charge in [-0.25, -0.2) is 4.98 Å². The number of carbonyl (C=O) groups is 1. The molecule has 0 bridgehead atoms. The Hall–Kier alpha value is -1.89. The number of thiazole rings is 1. The van der Waals surface area contributed by atoms with Crippen LogP contribution in [0, 0.1) is 6.92 Å². The highest BCUT2D eigenvalue weighted by Crippen LogP contribution is 2.33. The van der Waals surface area contributed by atoms with Gasteiger partial charge in [0.25, 0.3) is 5.91 Å². The molecule has 0 radical (unpaired) electrons. The summed E-state index contributed by atoms with van der Waals surface area (Å²) in [6.07, 6.45) is 1.59. The largest absolute Gasteiger partial charge is 0.495 e. The Kier molecular flexibility index (Phi) is 4.66. The number of halogens is 1. The molecule has 0 aliphatic heterocycles. The molecule has 2 aromatic heterocycles. The average molecular weight is 365 g/mol. The van der Waals surface area contributed by atoms with E-state index in [1.165, 1.54) is 18.4 Å². The topological polar surface area (TPSA) is 51.2 Å². The van der Waals surface area contributed by atoms with Crippen LogP contribution in [0.2, 0.25) is 5.02 Å². The van der Waals surface area contributed by atoms with Gasteiger partial charge in [-0.2, -0.15) is 0 Å². The van der Waals surface area contributed by atoms with Crippen LogP contribution >= 0.6 is 34.3 Å². The zero-order valence-corrected chi connectivity index (χ0v) is 14.8. The number of ether oxygens (including phenoxy) is 1. The summed E-state index contributed by atoms with van der Waals surface area (Å²) in [7, 11) is 1.54. The molecule has 1 amide bonds. The lowest BCUT2D eigenvalue weighted by Crippen LogP contribution is -2.11. The second-order valence-corrected chi connectivity index (χ2v) is 7.15. The van der Waals surface area contributed by atoms with E-state index in [4.69, 9.17) is 16.3 Å². The smallest absolute Gasteiger partial charge is 0.267 e. The lowest BCUT2D eigenvalue weighted by molar-refractivity contribution is 0.103. The lowest BCUT2D eigenvalue weighted by Gasteiger charge is -2.11. The van der Waals surface area contributed by atoms with Crippen molar-refractivity contribution in [3.63, 3.8) is 0 Å². The molecule has 0 spiro atoms. The molecule has 23 heavy (non-hydrogen) atoms. The van der Waals surface area contributed by atoms with E-state index in [1.54, 1.807) is 29.7 Å². The number of methoxy groups -OCH3 is 1. The predicted molar refractivity (Wildman–Crippen MR) is 96.1 cm³/mol. The Labute approximate surface area is 146 Å².